The summed E-state index contributed by atoms with van der Waals surface area (Å²) in [6.07, 6.45) is 0.539. The Bertz CT molecular complexity index is 941. The Kier molecular flexibility index (Phi) is 5.60. The molecule has 0 radical (unpaired) electrons. The van der Waals surface area contributed by atoms with Gasteiger partial charge in [0.2, 0.25) is 11.8 Å². The van der Waals surface area contributed by atoms with Gasteiger partial charge in [0.05, 0.1) is 15.8 Å². The number of sulfone groups is 1. The highest BCUT2D eigenvalue weighted by Crippen LogP contribution is 2.33. The summed E-state index contributed by atoms with van der Waals surface area (Å²) in [7, 11) is -3.61. The SMILES string of the molecule is CC1CC(=O)N(CC(=O)NCCc2ccccc2)c2ccccc2S1(=O)=O. The van der Waals surface area contributed by atoms with Crippen LogP contribution in [0.15, 0.2) is 59.5 Å². The topological polar surface area (TPSA) is 83.6 Å². The summed E-state index contributed by atoms with van der Waals surface area (Å²) in [4.78, 5) is 26.3. The number of anilines is 1. The van der Waals surface area contributed by atoms with E-state index in [1.165, 1.54) is 17.9 Å². The van der Waals surface area contributed by atoms with Crippen molar-refractivity contribution in [2.24, 2.45) is 0 Å². The van der Waals surface area contributed by atoms with Gasteiger partial charge in [0, 0.05) is 13.0 Å². The highest BCUT2D eigenvalue weighted by Gasteiger charge is 2.36. The van der Waals surface area contributed by atoms with Crippen LogP contribution in [0.1, 0.15) is 18.9 Å². The van der Waals surface area contributed by atoms with E-state index < -0.39 is 15.1 Å². The van der Waals surface area contributed by atoms with Crippen LogP contribution in [0.5, 0.6) is 0 Å². The van der Waals surface area contributed by atoms with Crippen LogP contribution in [0.25, 0.3) is 0 Å². The zero-order valence-electron chi connectivity index (χ0n) is 15.1. The fourth-order valence-electron chi connectivity index (χ4n) is 3.10. The number of hydrogen-bond donors (Lipinski definition) is 1. The normalized spacial score (nSPS) is 18.5. The molecule has 1 heterocycles. The molecule has 0 bridgehead atoms. The summed E-state index contributed by atoms with van der Waals surface area (Å²) in [5.74, 6) is -0.685. The van der Waals surface area contributed by atoms with Crippen LogP contribution in [0.3, 0.4) is 0 Å². The number of carbonyl (C=O) groups is 2. The van der Waals surface area contributed by atoms with Gasteiger partial charge in [-0.05, 0) is 31.0 Å². The average Bonchev–Trinajstić information content (AvgIpc) is 2.72. The van der Waals surface area contributed by atoms with Crippen LogP contribution in [-0.2, 0) is 25.8 Å². The molecular weight excluding hydrogens is 364 g/mol. The third kappa shape index (κ3) is 4.19. The molecule has 3 rings (SSSR count). The van der Waals surface area contributed by atoms with Crippen molar-refractivity contribution in [2.75, 3.05) is 18.0 Å². The first-order chi connectivity index (χ1) is 12.9. The summed E-state index contributed by atoms with van der Waals surface area (Å²) in [5, 5.41) is 1.98. The molecule has 0 aromatic heterocycles. The van der Waals surface area contributed by atoms with Gasteiger partial charge in [0.25, 0.3) is 0 Å². The molecule has 0 fully saturated rings. The van der Waals surface area contributed by atoms with E-state index in [4.69, 9.17) is 0 Å². The predicted molar refractivity (Wildman–Crippen MR) is 103 cm³/mol. The number of hydrogen-bond acceptors (Lipinski definition) is 4. The van der Waals surface area contributed by atoms with E-state index in [0.29, 0.717) is 13.0 Å². The fourth-order valence-corrected chi connectivity index (χ4v) is 4.63. The Morgan fingerprint density at radius 1 is 1.11 bits per heavy atom. The summed E-state index contributed by atoms with van der Waals surface area (Å²) in [6.45, 7) is 1.77. The van der Waals surface area contributed by atoms with Crippen molar-refractivity contribution in [3.05, 3.63) is 60.2 Å². The van der Waals surface area contributed by atoms with E-state index >= 15 is 0 Å². The van der Waals surface area contributed by atoms with Crippen molar-refractivity contribution < 1.29 is 18.0 Å². The molecule has 1 aliphatic heterocycles. The van der Waals surface area contributed by atoms with Gasteiger partial charge in [0.15, 0.2) is 9.84 Å². The summed E-state index contributed by atoms with van der Waals surface area (Å²) in [6, 6.07) is 16.1. The van der Waals surface area contributed by atoms with Crippen LogP contribution < -0.4 is 10.2 Å². The number of rotatable bonds is 5. The fraction of sp³-hybridized carbons (Fsp3) is 0.300. The zero-order chi connectivity index (χ0) is 19.4. The minimum atomic E-state index is -3.61. The first kappa shape index (κ1) is 19.1. The van der Waals surface area contributed by atoms with E-state index in [1.54, 1.807) is 18.2 Å². The number of nitrogens with zero attached hydrogens (tertiary/aromatic N) is 1. The third-order valence-electron chi connectivity index (χ3n) is 4.64. The van der Waals surface area contributed by atoms with Crippen LogP contribution in [-0.4, -0.2) is 38.6 Å². The third-order valence-corrected chi connectivity index (χ3v) is 6.82. The molecule has 2 aromatic rings. The lowest BCUT2D eigenvalue weighted by Gasteiger charge is -2.21. The number of benzene rings is 2. The second-order valence-corrected chi connectivity index (χ2v) is 8.93. The Labute approximate surface area is 159 Å². The van der Waals surface area contributed by atoms with Crippen LogP contribution >= 0.6 is 0 Å². The number of fused-ring (bicyclic) bond motifs is 1. The minimum absolute atomic E-state index is 0.0976. The maximum atomic E-state index is 12.7. The largest absolute Gasteiger partial charge is 0.354 e. The second-order valence-electron chi connectivity index (χ2n) is 6.59. The number of para-hydroxylation sites is 1. The zero-order valence-corrected chi connectivity index (χ0v) is 15.9. The van der Waals surface area contributed by atoms with E-state index in [2.05, 4.69) is 5.32 Å². The van der Waals surface area contributed by atoms with Gasteiger partial charge in [-0.25, -0.2) is 8.42 Å². The molecule has 142 valence electrons. The first-order valence-corrected chi connectivity index (χ1v) is 10.4. The molecule has 0 spiro atoms. The number of amides is 2. The van der Waals surface area contributed by atoms with Crippen molar-refractivity contribution in [1.29, 1.82) is 0 Å². The predicted octanol–water partition coefficient (Wildman–Crippen LogP) is 1.94. The molecule has 7 heteroatoms. The quantitative estimate of drug-likeness (QED) is 0.851. The van der Waals surface area contributed by atoms with Crippen molar-refractivity contribution >= 4 is 27.3 Å². The molecule has 2 aromatic carbocycles. The second kappa shape index (κ2) is 7.92. The molecule has 1 N–H and O–H groups in total. The molecule has 1 aliphatic rings. The lowest BCUT2D eigenvalue weighted by molar-refractivity contribution is -0.123. The smallest absolute Gasteiger partial charge is 0.240 e. The van der Waals surface area contributed by atoms with Gasteiger partial charge >= 0.3 is 0 Å². The molecule has 1 atom stereocenters. The molecule has 6 nitrogen and oxygen atoms in total. The molecule has 2 amide bonds. The first-order valence-electron chi connectivity index (χ1n) is 8.83. The van der Waals surface area contributed by atoms with Crippen molar-refractivity contribution in [1.82, 2.24) is 5.32 Å². The number of nitrogens with one attached hydrogen (secondary N) is 1. The highest BCUT2D eigenvalue weighted by molar-refractivity contribution is 7.92. The van der Waals surface area contributed by atoms with Crippen LogP contribution in [0, 0.1) is 0 Å². The molecular formula is C20H22N2O4S. The van der Waals surface area contributed by atoms with Crippen molar-refractivity contribution in [3.8, 4) is 0 Å². The van der Waals surface area contributed by atoms with Crippen LogP contribution in [0.4, 0.5) is 5.69 Å². The van der Waals surface area contributed by atoms with Gasteiger partial charge in [-0.2, -0.15) is 0 Å². The Hall–Kier alpha value is -2.67. The Morgan fingerprint density at radius 2 is 1.78 bits per heavy atom. The van der Waals surface area contributed by atoms with Crippen molar-refractivity contribution in [2.45, 2.75) is 29.9 Å². The molecule has 0 aliphatic carbocycles. The maximum Gasteiger partial charge on any atom is 0.240 e. The summed E-state index contributed by atoms with van der Waals surface area (Å²) in [5.41, 5.74) is 1.37. The van der Waals surface area contributed by atoms with Crippen molar-refractivity contribution in [3.63, 3.8) is 0 Å². The lowest BCUT2D eigenvalue weighted by Crippen LogP contribution is -2.41. The average molecular weight is 386 g/mol. The highest BCUT2D eigenvalue weighted by atomic mass is 32.2. The Morgan fingerprint density at radius 3 is 2.52 bits per heavy atom. The van der Waals surface area contributed by atoms with E-state index in [0.717, 1.165) is 5.56 Å². The molecule has 0 saturated carbocycles. The van der Waals surface area contributed by atoms with Gasteiger partial charge < -0.3 is 10.2 Å². The van der Waals surface area contributed by atoms with Gasteiger partial charge in [-0.1, -0.05) is 42.5 Å². The van der Waals surface area contributed by atoms with E-state index in [9.17, 15) is 18.0 Å². The van der Waals surface area contributed by atoms with E-state index in [1.807, 2.05) is 30.3 Å². The monoisotopic (exact) mass is 386 g/mol. The molecule has 27 heavy (non-hydrogen) atoms. The Balaban J connectivity index is 1.73. The summed E-state index contributed by atoms with van der Waals surface area (Å²) < 4.78 is 25.3. The standard InChI is InChI=1S/C20H22N2O4S/c1-15-13-20(24)22(17-9-5-6-10-18(17)27(15,25)26)14-19(23)21-12-11-16-7-3-2-4-8-16/h2-10,15H,11-14H2,1H3,(H,21,23). The minimum Gasteiger partial charge on any atom is -0.354 e. The molecule has 0 saturated heterocycles. The van der Waals surface area contributed by atoms with E-state index in [-0.39, 0.29) is 35.4 Å². The van der Waals surface area contributed by atoms with Gasteiger partial charge in [0.1, 0.15) is 6.54 Å². The lowest BCUT2D eigenvalue weighted by atomic mass is 10.1. The van der Waals surface area contributed by atoms with Gasteiger partial charge in [-0.3, -0.25) is 9.59 Å². The van der Waals surface area contributed by atoms with Gasteiger partial charge in [-0.15, -0.1) is 0 Å². The summed E-state index contributed by atoms with van der Waals surface area (Å²) >= 11 is 0. The number of carbonyl (C=O) groups excluding carboxylic acids is 2. The van der Waals surface area contributed by atoms with Crippen LogP contribution in [0.2, 0.25) is 0 Å². The molecule has 1 unspecified atom stereocenters. The maximum absolute atomic E-state index is 12.7.